The summed E-state index contributed by atoms with van der Waals surface area (Å²) in [5.74, 6) is -2.07. The Labute approximate surface area is 92.6 Å². The molecule has 0 atom stereocenters. The van der Waals surface area contributed by atoms with Crippen molar-refractivity contribution in [1.82, 2.24) is 10.5 Å². The first-order valence-electron chi connectivity index (χ1n) is 4.74. The fourth-order valence-corrected chi connectivity index (χ4v) is 1.17. The van der Waals surface area contributed by atoms with E-state index >= 15 is 0 Å². The molecule has 0 saturated carbocycles. The molecule has 0 fully saturated rings. The molecule has 16 heavy (non-hydrogen) atoms. The lowest BCUT2D eigenvalue weighted by molar-refractivity contribution is 0.0685. The number of aromatic carboxylic acids is 1. The molecule has 1 heterocycles. The zero-order valence-electron chi connectivity index (χ0n) is 9.62. The van der Waals surface area contributed by atoms with Gasteiger partial charge in [-0.25, -0.2) is 4.79 Å². The van der Waals surface area contributed by atoms with E-state index in [1.54, 1.807) is 20.8 Å². The molecular weight excluding hydrogens is 212 g/mol. The van der Waals surface area contributed by atoms with Gasteiger partial charge in [0.1, 0.15) is 5.56 Å². The van der Waals surface area contributed by atoms with Crippen LogP contribution < -0.4 is 5.32 Å². The lowest BCUT2D eigenvalue weighted by Crippen LogP contribution is -2.40. The Bertz CT molecular complexity index is 429. The highest BCUT2D eigenvalue weighted by molar-refractivity contribution is 6.03. The minimum atomic E-state index is -1.22. The SMILES string of the molecule is Cc1noc(C(=O)NC(C)(C)C)c1C(=O)O. The van der Waals surface area contributed by atoms with Crippen molar-refractivity contribution in [3.05, 3.63) is 17.0 Å². The molecule has 0 saturated heterocycles. The molecular formula is C10H14N2O4. The zero-order chi connectivity index (χ0) is 12.5. The minimum absolute atomic E-state index is 0.187. The Morgan fingerprint density at radius 2 is 1.94 bits per heavy atom. The number of nitrogens with one attached hydrogen (secondary N) is 1. The second kappa shape index (κ2) is 3.96. The van der Waals surface area contributed by atoms with Crippen molar-refractivity contribution < 1.29 is 19.2 Å². The van der Waals surface area contributed by atoms with E-state index < -0.39 is 17.4 Å². The molecule has 0 aliphatic heterocycles. The number of nitrogens with zero attached hydrogens (tertiary/aromatic N) is 1. The van der Waals surface area contributed by atoms with E-state index in [-0.39, 0.29) is 17.0 Å². The average molecular weight is 226 g/mol. The van der Waals surface area contributed by atoms with Gasteiger partial charge in [0.2, 0.25) is 5.76 Å². The van der Waals surface area contributed by atoms with Crippen LogP contribution in [-0.4, -0.2) is 27.7 Å². The van der Waals surface area contributed by atoms with Crippen LogP contribution in [-0.2, 0) is 0 Å². The van der Waals surface area contributed by atoms with Crippen molar-refractivity contribution in [2.75, 3.05) is 0 Å². The summed E-state index contributed by atoms with van der Waals surface area (Å²) in [7, 11) is 0. The summed E-state index contributed by atoms with van der Waals surface area (Å²) < 4.78 is 4.72. The lowest BCUT2D eigenvalue weighted by Gasteiger charge is -2.19. The first-order valence-corrected chi connectivity index (χ1v) is 4.74. The third-order valence-electron chi connectivity index (χ3n) is 1.77. The number of aromatic nitrogens is 1. The lowest BCUT2D eigenvalue weighted by atomic mass is 10.1. The quantitative estimate of drug-likeness (QED) is 0.790. The first-order chi connectivity index (χ1) is 7.22. The molecule has 1 amide bonds. The van der Waals surface area contributed by atoms with Gasteiger partial charge < -0.3 is 14.9 Å². The summed E-state index contributed by atoms with van der Waals surface area (Å²) in [5, 5.41) is 15.0. The summed E-state index contributed by atoms with van der Waals surface area (Å²) >= 11 is 0. The number of carbonyl (C=O) groups excluding carboxylic acids is 1. The summed E-state index contributed by atoms with van der Waals surface area (Å²) in [5.41, 5.74) is -0.471. The molecule has 0 unspecified atom stereocenters. The molecule has 1 rings (SSSR count). The zero-order valence-corrected chi connectivity index (χ0v) is 9.62. The normalized spacial score (nSPS) is 11.2. The number of carboxylic acids is 1. The Kier molecular flexibility index (Phi) is 3.02. The number of amides is 1. The van der Waals surface area contributed by atoms with E-state index in [2.05, 4.69) is 10.5 Å². The number of carbonyl (C=O) groups is 2. The van der Waals surface area contributed by atoms with E-state index in [9.17, 15) is 9.59 Å². The number of aryl methyl sites for hydroxylation is 1. The van der Waals surface area contributed by atoms with Gasteiger partial charge in [-0.3, -0.25) is 4.79 Å². The summed E-state index contributed by atoms with van der Waals surface area (Å²) in [6.45, 7) is 6.83. The maximum atomic E-state index is 11.7. The van der Waals surface area contributed by atoms with Crippen LogP contribution in [0.4, 0.5) is 0 Å². The van der Waals surface area contributed by atoms with Crippen molar-refractivity contribution in [3.8, 4) is 0 Å². The largest absolute Gasteiger partial charge is 0.477 e. The molecule has 1 aromatic heterocycles. The maximum Gasteiger partial charge on any atom is 0.341 e. The van der Waals surface area contributed by atoms with Crippen LogP contribution in [0.25, 0.3) is 0 Å². The number of hydrogen-bond donors (Lipinski definition) is 2. The van der Waals surface area contributed by atoms with Gasteiger partial charge in [-0.2, -0.15) is 0 Å². The summed E-state index contributed by atoms with van der Waals surface area (Å²) in [6, 6.07) is 0. The van der Waals surface area contributed by atoms with Gasteiger partial charge >= 0.3 is 5.97 Å². The third-order valence-corrected chi connectivity index (χ3v) is 1.77. The van der Waals surface area contributed by atoms with Crippen LogP contribution in [0.1, 0.15) is 47.4 Å². The van der Waals surface area contributed by atoms with Crippen molar-refractivity contribution in [3.63, 3.8) is 0 Å². The highest BCUT2D eigenvalue weighted by Gasteiger charge is 2.27. The molecule has 0 spiro atoms. The highest BCUT2D eigenvalue weighted by Crippen LogP contribution is 2.14. The third kappa shape index (κ3) is 2.59. The van der Waals surface area contributed by atoms with Crippen molar-refractivity contribution in [2.45, 2.75) is 33.2 Å². The first kappa shape index (κ1) is 12.2. The van der Waals surface area contributed by atoms with Gasteiger partial charge in [-0.15, -0.1) is 0 Å². The standard InChI is InChI=1S/C10H14N2O4/c1-5-6(9(14)15)7(16-12-5)8(13)11-10(2,3)4/h1-4H3,(H,11,13)(H,14,15). The molecule has 88 valence electrons. The predicted molar refractivity (Wildman–Crippen MR) is 55.4 cm³/mol. The van der Waals surface area contributed by atoms with E-state index in [1.807, 2.05) is 0 Å². The fourth-order valence-electron chi connectivity index (χ4n) is 1.17. The molecule has 6 nitrogen and oxygen atoms in total. The van der Waals surface area contributed by atoms with Gasteiger partial charge in [-0.05, 0) is 27.7 Å². The van der Waals surface area contributed by atoms with Crippen molar-refractivity contribution in [2.24, 2.45) is 0 Å². The summed E-state index contributed by atoms with van der Waals surface area (Å²) in [6.07, 6.45) is 0. The van der Waals surface area contributed by atoms with Crippen LogP contribution in [0.15, 0.2) is 4.52 Å². The monoisotopic (exact) mass is 226 g/mol. The van der Waals surface area contributed by atoms with Gasteiger partial charge in [0.05, 0.1) is 5.69 Å². The maximum absolute atomic E-state index is 11.7. The molecule has 6 heteroatoms. The minimum Gasteiger partial charge on any atom is -0.477 e. The van der Waals surface area contributed by atoms with Crippen molar-refractivity contribution in [1.29, 1.82) is 0 Å². The van der Waals surface area contributed by atoms with Crippen molar-refractivity contribution >= 4 is 11.9 Å². The van der Waals surface area contributed by atoms with E-state index in [4.69, 9.17) is 9.63 Å². The van der Waals surface area contributed by atoms with Gasteiger partial charge in [0.15, 0.2) is 0 Å². The fraction of sp³-hybridized carbons (Fsp3) is 0.500. The molecule has 0 aliphatic rings. The van der Waals surface area contributed by atoms with E-state index in [1.165, 1.54) is 6.92 Å². The predicted octanol–water partition coefficient (Wildman–Crippen LogP) is 1.21. The topological polar surface area (TPSA) is 92.4 Å². The second-order valence-electron chi connectivity index (χ2n) is 4.48. The Morgan fingerprint density at radius 3 is 2.38 bits per heavy atom. The Hall–Kier alpha value is -1.85. The smallest absolute Gasteiger partial charge is 0.341 e. The van der Waals surface area contributed by atoms with Gasteiger partial charge in [0, 0.05) is 5.54 Å². The molecule has 1 aromatic rings. The van der Waals surface area contributed by atoms with E-state index in [0.717, 1.165) is 0 Å². The summed E-state index contributed by atoms with van der Waals surface area (Å²) in [4.78, 5) is 22.6. The number of carboxylic acid groups (broad SMARTS) is 1. The number of rotatable bonds is 2. The molecule has 0 aliphatic carbocycles. The van der Waals surface area contributed by atoms with Gasteiger partial charge in [-0.1, -0.05) is 5.16 Å². The van der Waals surface area contributed by atoms with Crippen LogP contribution in [0.2, 0.25) is 0 Å². The van der Waals surface area contributed by atoms with E-state index in [0.29, 0.717) is 0 Å². The van der Waals surface area contributed by atoms with Crippen LogP contribution in [0.5, 0.6) is 0 Å². The number of hydrogen-bond acceptors (Lipinski definition) is 4. The molecule has 2 N–H and O–H groups in total. The Morgan fingerprint density at radius 1 is 1.38 bits per heavy atom. The van der Waals surface area contributed by atoms with Crippen LogP contribution >= 0.6 is 0 Å². The Balaban J connectivity index is 3.05. The highest BCUT2D eigenvalue weighted by atomic mass is 16.5. The molecule has 0 bridgehead atoms. The van der Waals surface area contributed by atoms with Crippen LogP contribution in [0, 0.1) is 6.92 Å². The van der Waals surface area contributed by atoms with Crippen LogP contribution in [0.3, 0.4) is 0 Å². The molecule has 0 aromatic carbocycles. The average Bonchev–Trinajstić information content (AvgIpc) is 2.43. The van der Waals surface area contributed by atoms with Gasteiger partial charge in [0.25, 0.3) is 5.91 Å². The molecule has 0 radical (unpaired) electrons. The second-order valence-corrected chi connectivity index (χ2v) is 4.48.